The molecule has 1 N–H and O–H groups in total. The van der Waals surface area contributed by atoms with Gasteiger partial charge < -0.3 is 5.11 Å². The molecule has 0 aromatic rings. The molecule has 2 nitrogen and oxygen atoms in total. The number of ketones is 1. The smallest absolute Gasteiger partial charge is 0.146 e. The molecule has 0 aromatic heterocycles. The minimum absolute atomic E-state index is 0.210. The van der Waals surface area contributed by atoms with Crippen LogP contribution in [0.1, 0.15) is 78.6 Å². The third-order valence-electron chi connectivity index (χ3n) is 9.55. The number of halogens is 1. The maximum atomic E-state index is 12.4. The second-order valence-electron chi connectivity index (χ2n) is 10.8. The number of carbonyl (C=O) groups is 1. The molecule has 26 heavy (non-hydrogen) atoms. The summed E-state index contributed by atoms with van der Waals surface area (Å²) in [5.74, 6) is 5.43. The maximum absolute atomic E-state index is 12.4. The van der Waals surface area contributed by atoms with Crippen LogP contribution in [0.5, 0.6) is 0 Å². The van der Waals surface area contributed by atoms with E-state index < -0.39 is 5.60 Å². The topological polar surface area (TPSA) is 37.3 Å². The Kier molecular flexibility index (Phi) is 5.13. The Hall–Kier alpha value is 0.110. The van der Waals surface area contributed by atoms with E-state index in [2.05, 4.69) is 36.7 Å². The predicted molar refractivity (Wildman–Crippen MR) is 109 cm³/mol. The summed E-state index contributed by atoms with van der Waals surface area (Å²) >= 11 is 3.40. The number of alkyl halides is 1. The van der Waals surface area contributed by atoms with Crippen molar-refractivity contribution in [3.8, 4) is 0 Å². The average Bonchev–Trinajstić information content (AvgIpc) is 2.96. The summed E-state index contributed by atoms with van der Waals surface area (Å²) in [7, 11) is 0. The Morgan fingerprint density at radius 3 is 2.50 bits per heavy atom. The van der Waals surface area contributed by atoms with Crippen molar-refractivity contribution in [3.05, 3.63) is 0 Å². The van der Waals surface area contributed by atoms with E-state index in [1.807, 2.05) is 0 Å². The highest BCUT2D eigenvalue weighted by atomic mass is 79.9. The second kappa shape index (κ2) is 6.87. The minimum atomic E-state index is -0.416. The highest BCUT2D eigenvalue weighted by Gasteiger charge is 2.58. The number of hydrogen-bond donors (Lipinski definition) is 1. The van der Waals surface area contributed by atoms with Crippen LogP contribution in [0.2, 0.25) is 0 Å². The van der Waals surface area contributed by atoms with Crippen molar-refractivity contribution in [2.75, 3.05) is 5.33 Å². The van der Waals surface area contributed by atoms with Crippen LogP contribution in [-0.2, 0) is 4.79 Å². The van der Waals surface area contributed by atoms with Crippen LogP contribution < -0.4 is 0 Å². The maximum Gasteiger partial charge on any atom is 0.146 e. The third kappa shape index (κ3) is 3.04. The van der Waals surface area contributed by atoms with E-state index in [1.165, 1.54) is 44.9 Å². The molecule has 0 radical (unpaired) electrons. The lowest BCUT2D eigenvalue weighted by Gasteiger charge is -2.57. The second-order valence-corrected chi connectivity index (χ2v) is 11.4. The van der Waals surface area contributed by atoms with Gasteiger partial charge in [-0.25, -0.2) is 0 Å². The lowest BCUT2D eigenvalue weighted by molar-refractivity contribution is -0.126. The fraction of sp³-hybridized carbons (Fsp3) is 0.957. The molecule has 0 aliphatic heterocycles. The van der Waals surface area contributed by atoms with Crippen molar-refractivity contribution in [2.45, 2.75) is 84.2 Å². The summed E-state index contributed by atoms with van der Waals surface area (Å²) in [4.78, 5) is 12.4. The molecule has 0 aromatic carbocycles. The van der Waals surface area contributed by atoms with Gasteiger partial charge in [0.2, 0.25) is 0 Å². The van der Waals surface area contributed by atoms with Crippen LogP contribution in [0.15, 0.2) is 0 Å². The first-order valence-electron chi connectivity index (χ1n) is 11.1. The van der Waals surface area contributed by atoms with Crippen LogP contribution >= 0.6 is 15.9 Å². The number of carbonyl (C=O) groups excluding carboxylic acids is 1. The Balaban J connectivity index is 1.52. The van der Waals surface area contributed by atoms with Crippen molar-refractivity contribution < 1.29 is 9.90 Å². The van der Waals surface area contributed by atoms with E-state index in [1.54, 1.807) is 0 Å². The SMILES string of the molecule is CC(C(=O)CBr)[C@H]1CC[C@H]2[C@@H]3CC[C@@H]4C[C@](C)(O)CC[C@@H]4[C@H]3CC[C@]12C. The number of hydrogen-bond acceptors (Lipinski definition) is 2. The molecule has 4 fully saturated rings. The molecule has 0 amide bonds. The monoisotopic (exact) mass is 424 g/mol. The molecule has 148 valence electrons. The van der Waals surface area contributed by atoms with Crippen molar-refractivity contribution in [2.24, 2.45) is 46.8 Å². The molecule has 0 saturated heterocycles. The lowest BCUT2D eigenvalue weighted by Crippen LogP contribution is -2.51. The van der Waals surface area contributed by atoms with Gasteiger partial charge >= 0.3 is 0 Å². The van der Waals surface area contributed by atoms with Gasteiger partial charge in [-0.1, -0.05) is 29.8 Å². The van der Waals surface area contributed by atoms with Gasteiger partial charge in [-0.05, 0) is 106 Å². The van der Waals surface area contributed by atoms with Gasteiger partial charge in [0.05, 0.1) is 10.9 Å². The van der Waals surface area contributed by atoms with Gasteiger partial charge in [-0.3, -0.25) is 4.79 Å². The molecule has 1 unspecified atom stereocenters. The van der Waals surface area contributed by atoms with Crippen LogP contribution in [0.4, 0.5) is 0 Å². The molecule has 3 heteroatoms. The molecular weight excluding hydrogens is 388 g/mol. The molecular formula is C23H37BrO2. The van der Waals surface area contributed by atoms with Crippen LogP contribution in [0.3, 0.4) is 0 Å². The molecule has 0 heterocycles. The minimum Gasteiger partial charge on any atom is -0.390 e. The predicted octanol–water partition coefficient (Wildman–Crippen LogP) is 5.61. The van der Waals surface area contributed by atoms with E-state index in [0.29, 0.717) is 22.4 Å². The Morgan fingerprint density at radius 2 is 1.77 bits per heavy atom. The normalized spacial score (nSPS) is 51.9. The van der Waals surface area contributed by atoms with Gasteiger partial charge in [-0.2, -0.15) is 0 Å². The van der Waals surface area contributed by atoms with E-state index in [0.717, 1.165) is 42.4 Å². The van der Waals surface area contributed by atoms with E-state index in [-0.39, 0.29) is 5.92 Å². The zero-order chi connectivity index (χ0) is 18.7. The quantitative estimate of drug-likeness (QED) is 0.597. The standard InChI is InChI=1S/C23H37BrO2/c1-14(21(25)13-24)19-6-7-20-18-5-4-15-12-22(2,26)10-8-16(15)17(18)9-11-23(19,20)3/h14-20,26H,4-13H2,1-3H3/t14?,15-,16+,17-,18-,19-,20+,22-,23-/m1/s1. The largest absolute Gasteiger partial charge is 0.390 e. The van der Waals surface area contributed by atoms with Crippen molar-refractivity contribution in [1.82, 2.24) is 0 Å². The highest BCUT2D eigenvalue weighted by molar-refractivity contribution is 9.09. The van der Waals surface area contributed by atoms with Gasteiger partial charge in [0.1, 0.15) is 5.78 Å². The Labute approximate surface area is 168 Å². The third-order valence-corrected chi connectivity index (χ3v) is 10.1. The number of fused-ring (bicyclic) bond motifs is 5. The number of Topliss-reactive ketones (excluding diaryl/α,β-unsaturated/α-hetero) is 1. The zero-order valence-corrected chi connectivity index (χ0v) is 18.4. The molecule has 4 rings (SSSR count). The van der Waals surface area contributed by atoms with Gasteiger partial charge in [-0.15, -0.1) is 0 Å². The summed E-state index contributed by atoms with van der Waals surface area (Å²) in [6.07, 6.45) is 11.3. The molecule has 0 spiro atoms. The Morgan fingerprint density at radius 1 is 1.04 bits per heavy atom. The first-order chi connectivity index (χ1) is 12.3. The molecule has 4 saturated carbocycles. The van der Waals surface area contributed by atoms with Crippen LogP contribution in [-0.4, -0.2) is 21.8 Å². The first-order valence-corrected chi connectivity index (χ1v) is 12.2. The van der Waals surface area contributed by atoms with E-state index in [4.69, 9.17) is 0 Å². The van der Waals surface area contributed by atoms with Gasteiger partial charge in [0.15, 0.2) is 0 Å². The van der Waals surface area contributed by atoms with Crippen molar-refractivity contribution in [1.29, 1.82) is 0 Å². The van der Waals surface area contributed by atoms with Crippen molar-refractivity contribution >= 4 is 21.7 Å². The fourth-order valence-electron chi connectivity index (χ4n) is 8.29. The summed E-state index contributed by atoms with van der Waals surface area (Å²) < 4.78 is 0. The molecule has 4 aliphatic rings. The van der Waals surface area contributed by atoms with E-state index in [9.17, 15) is 9.90 Å². The van der Waals surface area contributed by atoms with Gasteiger partial charge in [0, 0.05) is 5.92 Å². The molecule has 0 bridgehead atoms. The Bertz CT molecular complexity index is 558. The summed E-state index contributed by atoms with van der Waals surface area (Å²) in [6, 6.07) is 0. The lowest BCUT2D eigenvalue weighted by atomic mass is 9.48. The van der Waals surface area contributed by atoms with Gasteiger partial charge in [0.25, 0.3) is 0 Å². The number of rotatable bonds is 3. The van der Waals surface area contributed by atoms with Crippen LogP contribution in [0.25, 0.3) is 0 Å². The summed E-state index contributed by atoms with van der Waals surface area (Å²) in [5.41, 5.74) is -0.0352. The highest BCUT2D eigenvalue weighted by Crippen LogP contribution is 2.65. The summed E-state index contributed by atoms with van der Waals surface area (Å²) in [6.45, 7) is 6.77. The first kappa shape index (κ1) is 19.4. The molecule has 9 atom stereocenters. The fourth-order valence-corrected chi connectivity index (χ4v) is 8.80. The van der Waals surface area contributed by atoms with Crippen molar-refractivity contribution in [3.63, 3.8) is 0 Å². The van der Waals surface area contributed by atoms with Crippen LogP contribution in [0, 0.1) is 46.8 Å². The molecule has 4 aliphatic carbocycles. The summed E-state index contributed by atoms with van der Waals surface area (Å²) in [5, 5.41) is 11.1. The van der Waals surface area contributed by atoms with E-state index >= 15 is 0 Å². The number of aliphatic hydroxyl groups is 1. The average molecular weight is 425 g/mol. The zero-order valence-electron chi connectivity index (χ0n) is 16.8.